The summed E-state index contributed by atoms with van der Waals surface area (Å²) in [5, 5.41) is 11.2. The number of aliphatic hydroxyl groups is 1. The van der Waals surface area contributed by atoms with Crippen molar-refractivity contribution < 1.29 is 27.5 Å². The van der Waals surface area contributed by atoms with Gasteiger partial charge in [0.25, 0.3) is 0 Å². The Hall–Kier alpha value is -1.67. The molecule has 0 aliphatic carbocycles. The first-order valence-electron chi connectivity index (χ1n) is 7.13. The van der Waals surface area contributed by atoms with Gasteiger partial charge >= 0.3 is 6.18 Å². The van der Waals surface area contributed by atoms with Crippen LogP contribution in [0.2, 0.25) is 0 Å². The van der Waals surface area contributed by atoms with E-state index < -0.39 is 31.0 Å². The lowest BCUT2D eigenvalue weighted by Gasteiger charge is -2.22. The molecule has 1 aromatic carbocycles. The number of benzene rings is 1. The smallest absolute Gasteiger partial charge is 0.396 e. The lowest BCUT2D eigenvalue weighted by molar-refractivity contribution is -0.149. The SMILES string of the molecule is Cc1ccc(CNC(=O)CN(CCCO)CC(F)(F)F)cc1F. The molecule has 0 radical (unpaired) electrons. The zero-order valence-electron chi connectivity index (χ0n) is 12.8. The highest BCUT2D eigenvalue weighted by atomic mass is 19.4. The van der Waals surface area contributed by atoms with Crippen molar-refractivity contribution in [3.8, 4) is 0 Å². The van der Waals surface area contributed by atoms with Crippen LogP contribution in [0, 0.1) is 12.7 Å². The van der Waals surface area contributed by atoms with Gasteiger partial charge in [-0.1, -0.05) is 12.1 Å². The number of alkyl halides is 3. The van der Waals surface area contributed by atoms with Crippen molar-refractivity contribution in [2.45, 2.75) is 26.1 Å². The number of nitrogens with zero attached hydrogens (tertiary/aromatic N) is 1. The molecule has 0 saturated heterocycles. The molecule has 0 atom stereocenters. The second-order valence-electron chi connectivity index (χ2n) is 5.26. The maximum absolute atomic E-state index is 13.4. The predicted molar refractivity (Wildman–Crippen MR) is 77.2 cm³/mol. The van der Waals surface area contributed by atoms with Crippen LogP contribution in [0.5, 0.6) is 0 Å². The van der Waals surface area contributed by atoms with Gasteiger partial charge in [-0.2, -0.15) is 13.2 Å². The summed E-state index contributed by atoms with van der Waals surface area (Å²) in [6.45, 7) is -0.307. The van der Waals surface area contributed by atoms with Gasteiger partial charge in [0.15, 0.2) is 0 Å². The number of hydrogen-bond acceptors (Lipinski definition) is 3. The lowest BCUT2D eigenvalue weighted by atomic mass is 10.1. The largest absolute Gasteiger partial charge is 0.401 e. The van der Waals surface area contributed by atoms with E-state index >= 15 is 0 Å². The fraction of sp³-hybridized carbons (Fsp3) is 0.533. The average Bonchev–Trinajstić information content (AvgIpc) is 2.44. The van der Waals surface area contributed by atoms with Gasteiger partial charge in [-0.25, -0.2) is 4.39 Å². The number of rotatable bonds is 8. The van der Waals surface area contributed by atoms with Gasteiger partial charge in [0.1, 0.15) is 5.82 Å². The van der Waals surface area contributed by atoms with Crippen molar-refractivity contribution in [3.05, 3.63) is 35.1 Å². The second-order valence-corrected chi connectivity index (χ2v) is 5.26. The van der Waals surface area contributed by atoms with E-state index in [9.17, 15) is 22.4 Å². The number of nitrogens with one attached hydrogen (secondary N) is 1. The summed E-state index contributed by atoms with van der Waals surface area (Å²) in [5.74, 6) is -0.994. The molecule has 1 amide bonds. The van der Waals surface area contributed by atoms with Crippen LogP contribution in [0.4, 0.5) is 17.6 Å². The molecule has 0 aliphatic rings. The summed E-state index contributed by atoms with van der Waals surface area (Å²) in [7, 11) is 0. The molecule has 0 saturated carbocycles. The topological polar surface area (TPSA) is 52.6 Å². The number of aliphatic hydroxyl groups excluding tert-OH is 1. The first kappa shape index (κ1) is 19.4. The lowest BCUT2D eigenvalue weighted by Crippen LogP contribution is -2.42. The highest BCUT2D eigenvalue weighted by molar-refractivity contribution is 5.78. The maximum atomic E-state index is 13.4. The predicted octanol–water partition coefficient (Wildman–Crippen LogP) is 2.00. The third kappa shape index (κ3) is 7.94. The number of hydrogen-bond donors (Lipinski definition) is 2. The molecule has 0 aliphatic heterocycles. The normalized spacial score (nSPS) is 11.8. The third-order valence-corrected chi connectivity index (χ3v) is 3.13. The van der Waals surface area contributed by atoms with Crippen LogP contribution in [0.25, 0.3) is 0 Å². The van der Waals surface area contributed by atoms with Crippen LogP contribution in [-0.4, -0.2) is 48.3 Å². The molecule has 23 heavy (non-hydrogen) atoms. The summed E-state index contributed by atoms with van der Waals surface area (Å²) < 4.78 is 50.7. The van der Waals surface area contributed by atoms with E-state index in [0.717, 1.165) is 4.90 Å². The van der Waals surface area contributed by atoms with Gasteiger partial charge in [-0.05, 0) is 30.5 Å². The number of halogens is 4. The Bertz CT molecular complexity index is 521. The van der Waals surface area contributed by atoms with Crippen molar-refractivity contribution in [3.63, 3.8) is 0 Å². The molecule has 0 fully saturated rings. The van der Waals surface area contributed by atoms with E-state index in [2.05, 4.69) is 5.32 Å². The Kier molecular flexibility index (Phi) is 7.44. The second kappa shape index (κ2) is 8.83. The van der Waals surface area contributed by atoms with Gasteiger partial charge < -0.3 is 10.4 Å². The first-order chi connectivity index (χ1) is 10.7. The minimum absolute atomic E-state index is 0.0376. The minimum atomic E-state index is -4.42. The van der Waals surface area contributed by atoms with Crippen molar-refractivity contribution in [2.75, 3.05) is 26.2 Å². The fourth-order valence-electron chi connectivity index (χ4n) is 1.97. The van der Waals surface area contributed by atoms with Crippen molar-refractivity contribution in [1.82, 2.24) is 10.2 Å². The van der Waals surface area contributed by atoms with Crippen molar-refractivity contribution in [1.29, 1.82) is 0 Å². The van der Waals surface area contributed by atoms with Gasteiger partial charge in [0, 0.05) is 19.7 Å². The van der Waals surface area contributed by atoms with Gasteiger partial charge in [0.2, 0.25) is 5.91 Å². The van der Waals surface area contributed by atoms with Crippen LogP contribution in [0.1, 0.15) is 17.5 Å². The number of amides is 1. The van der Waals surface area contributed by atoms with Crippen LogP contribution < -0.4 is 5.32 Å². The summed E-state index contributed by atoms with van der Waals surface area (Å²) in [6, 6.07) is 4.47. The summed E-state index contributed by atoms with van der Waals surface area (Å²) >= 11 is 0. The van der Waals surface area contributed by atoms with E-state index in [1.165, 1.54) is 6.07 Å². The Labute approximate surface area is 132 Å². The minimum Gasteiger partial charge on any atom is -0.396 e. The number of carbonyl (C=O) groups is 1. The molecular formula is C15H20F4N2O2. The molecule has 0 unspecified atom stereocenters. The molecule has 130 valence electrons. The van der Waals surface area contributed by atoms with Gasteiger partial charge in [-0.3, -0.25) is 9.69 Å². The molecule has 1 aromatic rings. The molecule has 0 aromatic heterocycles. The van der Waals surface area contributed by atoms with E-state index in [4.69, 9.17) is 5.11 Å². The van der Waals surface area contributed by atoms with Gasteiger partial charge in [0.05, 0.1) is 13.1 Å². The van der Waals surface area contributed by atoms with Crippen LogP contribution in [-0.2, 0) is 11.3 Å². The average molecular weight is 336 g/mol. The van der Waals surface area contributed by atoms with Gasteiger partial charge in [-0.15, -0.1) is 0 Å². The monoisotopic (exact) mass is 336 g/mol. The highest BCUT2D eigenvalue weighted by Gasteiger charge is 2.31. The Morgan fingerprint density at radius 3 is 2.61 bits per heavy atom. The highest BCUT2D eigenvalue weighted by Crippen LogP contribution is 2.16. The Morgan fingerprint density at radius 2 is 2.04 bits per heavy atom. The zero-order chi connectivity index (χ0) is 17.5. The maximum Gasteiger partial charge on any atom is 0.401 e. The number of carbonyl (C=O) groups excluding carboxylic acids is 1. The molecule has 0 heterocycles. The Balaban J connectivity index is 2.52. The van der Waals surface area contributed by atoms with Crippen LogP contribution in [0.15, 0.2) is 18.2 Å². The van der Waals surface area contributed by atoms with E-state index in [1.807, 2.05) is 0 Å². The molecule has 0 spiro atoms. The van der Waals surface area contributed by atoms with E-state index in [-0.39, 0.29) is 26.1 Å². The third-order valence-electron chi connectivity index (χ3n) is 3.13. The fourth-order valence-corrected chi connectivity index (χ4v) is 1.97. The summed E-state index contributed by atoms with van der Waals surface area (Å²) in [4.78, 5) is 12.7. The first-order valence-corrected chi connectivity index (χ1v) is 7.13. The molecule has 2 N–H and O–H groups in total. The van der Waals surface area contributed by atoms with E-state index in [0.29, 0.717) is 11.1 Å². The van der Waals surface area contributed by atoms with Crippen LogP contribution in [0.3, 0.4) is 0 Å². The van der Waals surface area contributed by atoms with Crippen molar-refractivity contribution >= 4 is 5.91 Å². The number of aryl methyl sites for hydroxylation is 1. The zero-order valence-corrected chi connectivity index (χ0v) is 12.8. The molecule has 0 bridgehead atoms. The summed E-state index contributed by atoms with van der Waals surface area (Å²) in [5.41, 5.74) is 1.000. The van der Waals surface area contributed by atoms with Crippen LogP contribution >= 0.6 is 0 Å². The quantitative estimate of drug-likeness (QED) is 0.714. The summed E-state index contributed by atoms with van der Waals surface area (Å²) in [6.07, 6.45) is -4.28. The van der Waals surface area contributed by atoms with E-state index in [1.54, 1.807) is 19.1 Å². The molecule has 4 nitrogen and oxygen atoms in total. The molecule has 1 rings (SSSR count). The Morgan fingerprint density at radius 1 is 1.35 bits per heavy atom. The molecular weight excluding hydrogens is 316 g/mol. The standard InChI is InChI=1S/C15H20F4N2O2/c1-11-3-4-12(7-13(11)16)8-20-14(23)9-21(5-2-6-22)10-15(17,18)19/h3-4,7,22H,2,5-6,8-10H2,1H3,(H,20,23). The molecule has 8 heteroatoms. The van der Waals surface area contributed by atoms with Crippen molar-refractivity contribution in [2.24, 2.45) is 0 Å².